The number of rotatable bonds is 5. The first-order chi connectivity index (χ1) is 13.6. The molecule has 0 bridgehead atoms. The van der Waals surface area contributed by atoms with Crippen LogP contribution in [0.25, 0.3) is 22.5 Å². The molecule has 3 aromatic carbocycles. The van der Waals surface area contributed by atoms with Crippen LogP contribution in [0.1, 0.15) is 5.56 Å². The molecular formula is C23H18Cl2N2S. The third-order valence-electron chi connectivity index (χ3n) is 4.50. The second-order valence-corrected chi connectivity index (χ2v) is 8.18. The summed E-state index contributed by atoms with van der Waals surface area (Å²) in [4.78, 5) is 4.98. The molecule has 0 radical (unpaired) electrons. The normalized spacial score (nSPS) is 11.0. The summed E-state index contributed by atoms with van der Waals surface area (Å²) in [5.74, 6) is 0.768. The zero-order valence-corrected chi connectivity index (χ0v) is 17.6. The zero-order chi connectivity index (χ0) is 19.5. The predicted molar refractivity (Wildman–Crippen MR) is 120 cm³/mol. The molecule has 0 amide bonds. The maximum absolute atomic E-state index is 6.15. The Balaban J connectivity index is 1.72. The van der Waals surface area contributed by atoms with E-state index in [-0.39, 0.29) is 0 Å². The van der Waals surface area contributed by atoms with Gasteiger partial charge in [-0.2, -0.15) is 0 Å². The van der Waals surface area contributed by atoms with Crippen molar-refractivity contribution in [2.24, 2.45) is 7.05 Å². The van der Waals surface area contributed by atoms with E-state index in [0.29, 0.717) is 10.0 Å². The van der Waals surface area contributed by atoms with Crippen molar-refractivity contribution >= 4 is 35.0 Å². The summed E-state index contributed by atoms with van der Waals surface area (Å²) >= 11 is 13.9. The Labute approximate surface area is 179 Å². The second-order valence-electron chi connectivity index (χ2n) is 6.42. The van der Waals surface area contributed by atoms with Crippen LogP contribution in [0, 0.1) is 0 Å². The summed E-state index contributed by atoms with van der Waals surface area (Å²) in [6, 6.07) is 26.4. The molecule has 0 aliphatic carbocycles. The summed E-state index contributed by atoms with van der Waals surface area (Å²) < 4.78 is 2.17. The molecule has 0 saturated heterocycles. The third kappa shape index (κ3) is 3.97. The maximum atomic E-state index is 6.15. The van der Waals surface area contributed by atoms with Crippen molar-refractivity contribution in [2.45, 2.75) is 10.9 Å². The second kappa shape index (κ2) is 8.44. The summed E-state index contributed by atoms with van der Waals surface area (Å²) in [6.45, 7) is 0. The first-order valence-corrected chi connectivity index (χ1v) is 10.6. The fourth-order valence-electron chi connectivity index (χ4n) is 3.11. The number of nitrogens with zero attached hydrogens (tertiary/aromatic N) is 2. The summed E-state index contributed by atoms with van der Waals surface area (Å²) in [7, 11) is 2.07. The van der Waals surface area contributed by atoms with Crippen LogP contribution in [-0.2, 0) is 12.8 Å². The van der Waals surface area contributed by atoms with Gasteiger partial charge in [0.25, 0.3) is 0 Å². The number of imidazole rings is 1. The molecular weight excluding hydrogens is 407 g/mol. The maximum Gasteiger partial charge on any atom is 0.169 e. The molecule has 0 aliphatic rings. The largest absolute Gasteiger partial charge is 0.322 e. The Morgan fingerprint density at radius 1 is 0.821 bits per heavy atom. The molecule has 0 fully saturated rings. The van der Waals surface area contributed by atoms with Crippen LogP contribution in [-0.4, -0.2) is 9.55 Å². The third-order valence-corrected chi connectivity index (χ3v) is 6.34. The van der Waals surface area contributed by atoms with E-state index >= 15 is 0 Å². The van der Waals surface area contributed by atoms with Gasteiger partial charge < -0.3 is 4.57 Å². The minimum absolute atomic E-state index is 0.574. The first-order valence-electron chi connectivity index (χ1n) is 8.88. The smallest absolute Gasteiger partial charge is 0.169 e. The molecule has 28 heavy (non-hydrogen) atoms. The van der Waals surface area contributed by atoms with Gasteiger partial charge in [0.05, 0.1) is 21.4 Å². The van der Waals surface area contributed by atoms with Gasteiger partial charge in [-0.3, -0.25) is 0 Å². The van der Waals surface area contributed by atoms with Crippen LogP contribution in [0.2, 0.25) is 10.0 Å². The van der Waals surface area contributed by atoms with E-state index in [1.54, 1.807) is 11.8 Å². The Kier molecular flexibility index (Phi) is 5.77. The van der Waals surface area contributed by atoms with Gasteiger partial charge in [0.2, 0.25) is 0 Å². The highest BCUT2D eigenvalue weighted by Gasteiger charge is 2.18. The number of hydrogen-bond acceptors (Lipinski definition) is 2. The van der Waals surface area contributed by atoms with Gasteiger partial charge in [-0.25, -0.2) is 4.98 Å². The van der Waals surface area contributed by atoms with Gasteiger partial charge in [-0.05, 0) is 17.7 Å². The minimum atomic E-state index is 0.574. The van der Waals surface area contributed by atoms with Crippen molar-refractivity contribution in [1.29, 1.82) is 0 Å². The number of aromatic nitrogens is 2. The molecule has 5 heteroatoms. The molecule has 0 unspecified atom stereocenters. The predicted octanol–water partition coefficient (Wildman–Crippen LogP) is 7.35. The van der Waals surface area contributed by atoms with Crippen LogP contribution in [0.15, 0.2) is 84.0 Å². The van der Waals surface area contributed by atoms with E-state index in [2.05, 4.69) is 48.0 Å². The minimum Gasteiger partial charge on any atom is -0.322 e. The van der Waals surface area contributed by atoms with Crippen LogP contribution in [0.5, 0.6) is 0 Å². The van der Waals surface area contributed by atoms with E-state index in [9.17, 15) is 0 Å². The summed E-state index contributed by atoms with van der Waals surface area (Å²) in [5, 5.41) is 2.11. The van der Waals surface area contributed by atoms with Crippen molar-refractivity contribution in [2.75, 3.05) is 0 Å². The van der Waals surface area contributed by atoms with Gasteiger partial charge >= 0.3 is 0 Å². The molecule has 1 aromatic heterocycles. The highest BCUT2D eigenvalue weighted by Crippen LogP contribution is 2.36. The van der Waals surface area contributed by atoms with E-state index in [0.717, 1.165) is 39.0 Å². The highest BCUT2D eigenvalue weighted by atomic mass is 35.5. The van der Waals surface area contributed by atoms with Crippen molar-refractivity contribution in [3.8, 4) is 22.5 Å². The van der Waals surface area contributed by atoms with Gasteiger partial charge in [0.15, 0.2) is 5.16 Å². The number of thioether (sulfide) groups is 1. The molecule has 0 atom stereocenters. The lowest BCUT2D eigenvalue weighted by Crippen LogP contribution is -1.95. The van der Waals surface area contributed by atoms with Crippen LogP contribution >= 0.6 is 35.0 Å². The Hall–Kier alpha value is -2.20. The molecule has 140 valence electrons. The molecule has 0 N–H and O–H groups in total. The highest BCUT2D eigenvalue weighted by molar-refractivity contribution is 7.98. The molecule has 0 saturated carbocycles. The molecule has 4 aromatic rings. The van der Waals surface area contributed by atoms with Crippen molar-refractivity contribution < 1.29 is 0 Å². The fraction of sp³-hybridized carbons (Fsp3) is 0.0870. The lowest BCUT2D eigenvalue weighted by Gasteiger charge is -2.08. The number of benzene rings is 3. The summed E-state index contributed by atoms with van der Waals surface area (Å²) in [5.41, 5.74) is 5.48. The van der Waals surface area contributed by atoms with Gasteiger partial charge in [0.1, 0.15) is 0 Å². The lowest BCUT2D eigenvalue weighted by molar-refractivity contribution is 0.796. The topological polar surface area (TPSA) is 17.8 Å². The van der Waals surface area contributed by atoms with E-state index in [1.807, 2.05) is 42.5 Å². The summed E-state index contributed by atoms with van der Waals surface area (Å²) in [6.07, 6.45) is 0. The number of halogens is 2. The zero-order valence-electron chi connectivity index (χ0n) is 15.3. The molecule has 0 aliphatic heterocycles. The standard InChI is InChI=1S/C23H18Cl2N2S/c1-27-22(18-10-6-3-7-11-18)21(17-8-4-2-5-9-17)26-23(27)28-15-16-12-13-19(24)20(25)14-16/h2-14H,15H2,1H3. The fourth-order valence-corrected chi connectivity index (χ4v) is 4.34. The van der Waals surface area contributed by atoms with E-state index in [4.69, 9.17) is 28.2 Å². The Morgan fingerprint density at radius 3 is 2.11 bits per heavy atom. The molecule has 0 spiro atoms. The molecule has 4 rings (SSSR count). The Bertz CT molecular complexity index is 1090. The Morgan fingerprint density at radius 2 is 1.46 bits per heavy atom. The molecule has 1 heterocycles. The van der Waals surface area contributed by atoms with Gasteiger partial charge in [-0.15, -0.1) is 0 Å². The monoisotopic (exact) mass is 424 g/mol. The quantitative estimate of drug-likeness (QED) is 0.311. The lowest BCUT2D eigenvalue weighted by atomic mass is 10.1. The van der Waals surface area contributed by atoms with E-state index < -0.39 is 0 Å². The van der Waals surface area contributed by atoms with Crippen molar-refractivity contribution in [3.63, 3.8) is 0 Å². The number of hydrogen-bond donors (Lipinski definition) is 0. The van der Waals surface area contributed by atoms with Crippen LogP contribution in [0.4, 0.5) is 0 Å². The SMILES string of the molecule is Cn1c(SCc2ccc(Cl)c(Cl)c2)nc(-c2ccccc2)c1-c1ccccc1. The van der Waals surface area contributed by atoms with Crippen LogP contribution in [0.3, 0.4) is 0 Å². The van der Waals surface area contributed by atoms with E-state index in [1.165, 1.54) is 0 Å². The van der Waals surface area contributed by atoms with Crippen molar-refractivity contribution in [1.82, 2.24) is 9.55 Å². The average Bonchev–Trinajstić information content (AvgIpc) is 3.06. The van der Waals surface area contributed by atoms with Crippen LogP contribution < -0.4 is 0 Å². The van der Waals surface area contributed by atoms with Gasteiger partial charge in [-0.1, -0.05) is 102 Å². The molecule has 2 nitrogen and oxygen atoms in total. The average molecular weight is 425 g/mol. The van der Waals surface area contributed by atoms with Crippen molar-refractivity contribution in [3.05, 3.63) is 94.5 Å². The first kappa shape index (κ1) is 19.1. The van der Waals surface area contributed by atoms with Gasteiger partial charge in [0, 0.05) is 23.9 Å².